The highest BCUT2D eigenvalue weighted by molar-refractivity contribution is 7.99. The van der Waals surface area contributed by atoms with Gasteiger partial charge in [-0.25, -0.2) is 8.42 Å². The van der Waals surface area contributed by atoms with Crippen LogP contribution in [0.15, 0.2) is 35.5 Å². The molecule has 0 spiro atoms. The average molecular weight is 421 g/mol. The summed E-state index contributed by atoms with van der Waals surface area (Å²) in [6, 6.07) is 9.02. The van der Waals surface area contributed by atoms with Gasteiger partial charge in [0.25, 0.3) is 0 Å². The van der Waals surface area contributed by atoms with E-state index in [2.05, 4.69) is 14.8 Å². The van der Waals surface area contributed by atoms with Gasteiger partial charge >= 0.3 is 0 Å². The number of para-hydroxylation sites is 1. The van der Waals surface area contributed by atoms with E-state index in [0.717, 1.165) is 42.5 Å². The number of aromatic nitrogens is 3. The number of benzene rings is 1. The molecular formula is C19H24N4O3S2. The third kappa shape index (κ3) is 4.25. The van der Waals surface area contributed by atoms with Crippen LogP contribution >= 0.6 is 11.8 Å². The maximum absolute atomic E-state index is 13.1. The number of aryl methyl sites for hydroxylation is 1. The Kier molecular flexibility index (Phi) is 5.73. The fourth-order valence-corrected chi connectivity index (χ4v) is 6.43. The van der Waals surface area contributed by atoms with E-state index in [1.807, 2.05) is 30.3 Å². The van der Waals surface area contributed by atoms with Crippen LogP contribution in [0.5, 0.6) is 0 Å². The highest BCUT2D eigenvalue weighted by Crippen LogP contribution is 2.27. The van der Waals surface area contributed by atoms with Gasteiger partial charge in [0.2, 0.25) is 5.91 Å². The molecule has 0 radical (unpaired) electrons. The molecule has 1 atom stereocenters. The average Bonchev–Trinajstić information content (AvgIpc) is 3.14. The first-order valence-electron chi connectivity index (χ1n) is 9.66. The Hall–Kier alpha value is -1.87. The lowest BCUT2D eigenvalue weighted by Gasteiger charge is -2.28. The van der Waals surface area contributed by atoms with Gasteiger partial charge in [0.15, 0.2) is 15.0 Å². The van der Waals surface area contributed by atoms with Crippen LogP contribution in [0.1, 0.15) is 31.5 Å². The Labute approximate surface area is 169 Å². The number of hydrogen-bond donors (Lipinski definition) is 0. The molecule has 150 valence electrons. The van der Waals surface area contributed by atoms with Crippen LogP contribution in [0.2, 0.25) is 0 Å². The van der Waals surface area contributed by atoms with Crippen LogP contribution in [0.25, 0.3) is 0 Å². The summed E-state index contributed by atoms with van der Waals surface area (Å²) in [5, 5.41) is 9.33. The van der Waals surface area contributed by atoms with Crippen molar-refractivity contribution in [1.29, 1.82) is 0 Å². The summed E-state index contributed by atoms with van der Waals surface area (Å²) in [6.45, 7) is 0.891. The van der Waals surface area contributed by atoms with E-state index in [0.29, 0.717) is 6.42 Å². The smallest absolute Gasteiger partial charge is 0.237 e. The Morgan fingerprint density at radius 2 is 2.00 bits per heavy atom. The van der Waals surface area contributed by atoms with Crippen molar-refractivity contribution in [2.45, 2.75) is 49.8 Å². The first kappa shape index (κ1) is 19.4. The molecule has 2 aliphatic rings. The molecule has 28 heavy (non-hydrogen) atoms. The number of carbonyl (C=O) groups is 1. The van der Waals surface area contributed by atoms with Gasteiger partial charge < -0.3 is 9.47 Å². The SMILES string of the molecule is O=C(CSc1nnc2n1CCCCC2)N(c1ccccc1)[C@@H]1CCS(=O)(=O)C1. The van der Waals surface area contributed by atoms with E-state index >= 15 is 0 Å². The first-order valence-corrected chi connectivity index (χ1v) is 12.5. The van der Waals surface area contributed by atoms with Gasteiger partial charge in [0, 0.05) is 18.7 Å². The number of carbonyl (C=O) groups excluding carboxylic acids is 1. The van der Waals surface area contributed by atoms with Gasteiger partial charge in [-0.3, -0.25) is 4.79 Å². The fraction of sp³-hybridized carbons (Fsp3) is 0.526. The zero-order valence-corrected chi connectivity index (χ0v) is 17.3. The summed E-state index contributed by atoms with van der Waals surface area (Å²) in [4.78, 5) is 14.8. The van der Waals surface area contributed by atoms with Crippen molar-refractivity contribution in [2.75, 3.05) is 22.2 Å². The number of amides is 1. The van der Waals surface area contributed by atoms with E-state index in [1.165, 1.54) is 18.2 Å². The molecule has 0 N–H and O–H groups in total. The van der Waals surface area contributed by atoms with Crippen molar-refractivity contribution >= 4 is 33.2 Å². The minimum absolute atomic E-state index is 0.0264. The topological polar surface area (TPSA) is 85.2 Å². The van der Waals surface area contributed by atoms with E-state index in [9.17, 15) is 13.2 Å². The van der Waals surface area contributed by atoms with Gasteiger partial charge in [-0.2, -0.15) is 0 Å². The molecule has 2 aliphatic heterocycles. The summed E-state index contributed by atoms with van der Waals surface area (Å²) in [5.74, 6) is 1.28. The zero-order chi connectivity index (χ0) is 19.6. The van der Waals surface area contributed by atoms with Crippen molar-refractivity contribution in [1.82, 2.24) is 14.8 Å². The van der Waals surface area contributed by atoms with Crippen LogP contribution in [0.3, 0.4) is 0 Å². The van der Waals surface area contributed by atoms with Gasteiger partial charge in [-0.1, -0.05) is 36.4 Å². The Balaban J connectivity index is 1.51. The summed E-state index contributed by atoms with van der Waals surface area (Å²) in [6.07, 6.45) is 4.82. The lowest BCUT2D eigenvalue weighted by molar-refractivity contribution is -0.116. The molecule has 3 heterocycles. The lowest BCUT2D eigenvalue weighted by atomic mass is 10.2. The van der Waals surface area contributed by atoms with Crippen molar-refractivity contribution in [3.63, 3.8) is 0 Å². The van der Waals surface area contributed by atoms with E-state index < -0.39 is 9.84 Å². The van der Waals surface area contributed by atoms with E-state index in [1.54, 1.807) is 4.90 Å². The first-order chi connectivity index (χ1) is 13.5. The summed E-state index contributed by atoms with van der Waals surface area (Å²) in [5.41, 5.74) is 0.746. The second kappa shape index (κ2) is 8.24. The van der Waals surface area contributed by atoms with Crippen molar-refractivity contribution in [3.8, 4) is 0 Å². The number of thioether (sulfide) groups is 1. The van der Waals surface area contributed by atoms with Crippen molar-refractivity contribution in [2.24, 2.45) is 0 Å². The largest absolute Gasteiger partial charge is 0.308 e. The predicted molar refractivity (Wildman–Crippen MR) is 109 cm³/mol. The van der Waals surface area contributed by atoms with Crippen LogP contribution in [-0.4, -0.2) is 52.4 Å². The quantitative estimate of drug-likeness (QED) is 0.690. The molecule has 7 nitrogen and oxygen atoms in total. The maximum Gasteiger partial charge on any atom is 0.237 e. The van der Waals surface area contributed by atoms with Crippen LogP contribution in [0, 0.1) is 0 Å². The standard InChI is InChI=1S/C19H24N4O3S2/c24-18(13-27-19-21-20-17-9-5-2-6-11-22(17)19)23(15-7-3-1-4-8-15)16-10-12-28(25,26)14-16/h1,3-4,7-8,16H,2,5-6,9-14H2/t16-/m1/s1. The van der Waals surface area contributed by atoms with Crippen molar-refractivity contribution in [3.05, 3.63) is 36.2 Å². The summed E-state index contributed by atoms with van der Waals surface area (Å²) < 4.78 is 26.1. The predicted octanol–water partition coefficient (Wildman–Crippen LogP) is 2.32. The van der Waals surface area contributed by atoms with Crippen molar-refractivity contribution < 1.29 is 13.2 Å². The second-order valence-electron chi connectivity index (χ2n) is 7.31. The highest BCUT2D eigenvalue weighted by Gasteiger charge is 2.35. The molecule has 9 heteroatoms. The Morgan fingerprint density at radius 1 is 1.18 bits per heavy atom. The molecule has 0 bridgehead atoms. The molecule has 1 saturated heterocycles. The molecular weight excluding hydrogens is 396 g/mol. The van der Waals surface area contributed by atoms with Crippen LogP contribution in [-0.2, 0) is 27.6 Å². The summed E-state index contributed by atoms with van der Waals surface area (Å²) >= 11 is 1.39. The number of fused-ring (bicyclic) bond motifs is 1. The monoisotopic (exact) mass is 420 g/mol. The Bertz CT molecular complexity index is 943. The third-order valence-corrected chi connectivity index (χ3v) is 7.98. The third-order valence-electron chi connectivity index (χ3n) is 5.28. The summed E-state index contributed by atoms with van der Waals surface area (Å²) in [7, 11) is -3.08. The maximum atomic E-state index is 13.1. The number of nitrogens with zero attached hydrogens (tertiary/aromatic N) is 4. The van der Waals surface area contributed by atoms with Gasteiger partial charge in [0.1, 0.15) is 5.82 Å². The van der Waals surface area contributed by atoms with E-state index in [4.69, 9.17) is 0 Å². The van der Waals surface area contributed by atoms with Gasteiger partial charge in [0.05, 0.1) is 23.3 Å². The molecule has 1 aromatic heterocycles. The normalized spacial score (nSPS) is 21.1. The van der Waals surface area contributed by atoms with Crippen LogP contribution < -0.4 is 4.90 Å². The minimum atomic E-state index is -3.08. The number of sulfone groups is 1. The number of rotatable bonds is 5. The molecule has 0 aliphatic carbocycles. The molecule has 1 amide bonds. The lowest BCUT2D eigenvalue weighted by Crippen LogP contribution is -2.42. The fourth-order valence-electron chi connectivity index (χ4n) is 3.89. The van der Waals surface area contributed by atoms with Gasteiger partial charge in [-0.05, 0) is 31.4 Å². The molecule has 0 saturated carbocycles. The highest BCUT2D eigenvalue weighted by atomic mass is 32.2. The van der Waals surface area contributed by atoms with Crippen LogP contribution in [0.4, 0.5) is 5.69 Å². The number of anilines is 1. The molecule has 2 aromatic rings. The second-order valence-corrected chi connectivity index (χ2v) is 10.5. The zero-order valence-electron chi connectivity index (χ0n) is 15.7. The molecule has 4 rings (SSSR count). The molecule has 1 aromatic carbocycles. The van der Waals surface area contributed by atoms with Gasteiger partial charge in [-0.15, -0.1) is 10.2 Å². The molecule has 1 fully saturated rings. The molecule has 0 unspecified atom stereocenters. The number of hydrogen-bond acceptors (Lipinski definition) is 6. The Morgan fingerprint density at radius 3 is 2.75 bits per heavy atom. The minimum Gasteiger partial charge on any atom is -0.308 e. The van der Waals surface area contributed by atoms with E-state index in [-0.39, 0.29) is 29.2 Å².